The number of hydrogen-bond acceptors (Lipinski definition) is 4. The number of thiophene rings is 1. The number of fused-ring (bicyclic) bond motifs is 1. The van der Waals surface area contributed by atoms with Crippen LogP contribution in [0.4, 0.5) is 10.7 Å². The van der Waals surface area contributed by atoms with Crippen molar-refractivity contribution in [2.45, 2.75) is 45.4 Å². The van der Waals surface area contributed by atoms with Gasteiger partial charge in [0.15, 0.2) is 0 Å². The number of carboxylic acid groups (broad SMARTS) is 1. The van der Waals surface area contributed by atoms with Crippen LogP contribution in [0.3, 0.4) is 0 Å². The molecule has 6 nitrogen and oxygen atoms in total. The monoisotopic (exact) mass is 386 g/mol. The Labute approximate surface area is 161 Å². The first-order valence-corrected chi connectivity index (χ1v) is 9.80. The molecule has 0 unspecified atom stereocenters. The van der Waals surface area contributed by atoms with E-state index in [-0.39, 0.29) is 31.1 Å². The molecule has 3 N–H and O–H groups in total. The molecule has 27 heavy (non-hydrogen) atoms. The first-order valence-electron chi connectivity index (χ1n) is 8.98. The van der Waals surface area contributed by atoms with E-state index in [1.165, 1.54) is 11.3 Å². The molecule has 0 fully saturated rings. The fraction of sp³-hybridized carbons (Fsp3) is 0.350. The van der Waals surface area contributed by atoms with Crippen LogP contribution in [-0.4, -0.2) is 22.9 Å². The summed E-state index contributed by atoms with van der Waals surface area (Å²) in [4.78, 5) is 36.8. The quantitative estimate of drug-likeness (QED) is 0.670. The lowest BCUT2D eigenvalue weighted by molar-refractivity contribution is -0.137. The zero-order valence-electron chi connectivity index (χ0n) is 15.1. The van der Waals surface area contributed by atoms with E-state index in [0.717, 1.165) is 35.3 Å². The third-order valence-corrected chi connectivity index (χ3v) is 5.71. The summed E-state index contributed by atoms with van der Waals surface area (Å²) < 4.78 is 0. The third-order valence-electron chi connectivity index (χ3n) is 4.51. The number of carbonyl (C=O) groups excluding carboxylic acids is 2. The average molecular weight is 386 g/mol. The normalized spacial score (nSPS) is 12.5. The molecule has 3 rings (SSSR count). The van der Waals surface area contributed by atoms with E-state index in [1.807, 2.05) is 31.2 Å². The number of hydrogen-bond donors (Lipinski definition) is 3. The summed E-state index contributed by atoms with van der Waals surface area (Å²) in [7, 11) is 0. The predicted octanol–water partition coefficient (Wildman–Crippen LogP) is 3.99. The van der Waals surface area contributed by atoms with Gasteiger partial charge in [0.25, 0.3) is 5.91 Å². The van der Waals surface area contributed by atoms with Crippen LogP contribution >= 0.6 is 11.3 Å². The van der Waals surface area contributed by atoms with Crippen molar-refractivity contribution in [3.8, 4) is 0 Å². The highest BCUT2D eigenvalue weighted by Gasteiger charge is 2.27. The zero-order chi connectivity index (χ0) is 19.4. The molecule has 1 heterocycles. The lowest BCUT2D eigenvalue weighted by Gasteiger charge is -2.10. The van der Waals surface area contributed by atoms with Gasteiger partial charge in [-0.3, -0.25) is 14.4 Å². The Kier molecular flexibility index (Phi) is 5.91. The maximum absolute atomic E-state index is 12.9. The molecule has 0 bridgehead atoms. The number of carboxylic acids is 1. The van der Waals surface area contributed by atoms with Crippen molar-refractivity contribution in [3.05, 3.63) is 45.8 Å². The van der Waals surface area contributed by atoms with E-state index in [2.05, 4.69) is 10.6 Å². The van der Waals surface area contributed by atoms with Crippen LogP contribution in [-0.2, 0) is 22.4 Å². The molecule has 0 saturated heterocycles. The van der Waals surface area contributed by atoms with E-state index in [1.54, 1.807) is 0 Å². The highest BCUT2D eigenvalue weighted by molar-refractivity contribution is 7.17. The van der Waals surface area contributed by atoms with E-state index >= 15 is 0 Å². The first-order chi connectivity index (χ1) is 12.9. The molecule has 0 atom stereocenters. The number of carbonyl (C=O) groups is 3. The number of rotatable bonds is 7. The lowest BCUT2D eigenvalue weighted by Crippen LogP contribution is -2.18. The van der Waals surface area contributed by atoms with Gasteiger partial charge < -0.3 is 15.7 Å². The van der Waals surface area contributed by atoms with Crippen molar-refractivity contribution >= 4 is 39.8 Å². The van der Waals surface area contributed by atoms with Gasteiger partial charge >= 0.3 is 5.97 Å². The summed E-state index contributed by atoms with van der Waals surface area (Å²) in [6.45, 7) is 1.98. The number of nitrogens with one attached hydrogen (secondary N) is 2. The molecule has 0 saturated carbocycles. The Balaban J connectivity index is 1.75. The molecule has 1 aromatic heterocycles. The summed E-state index contributed by atoms with van der Waals surface area (Å²) in [5.74, 6) is -1.41. The van der Waals surface area contributed by atoms with Gasteiger partial charge in [0, 0.05) is 23.4 Å². The third kappa shape index (κ3) is 4.74. The molecule has 0 spiro atoms. The maximum Gasteiger partial charge on any atom is 0.303 e. The molecule has 2 amide bonds. The summed E-state index contributed by atoms with van der Waals surface area (Å²) in [6.07, 6.45) is 3.11. The van der Waals surface area contributed by atoms with Crippen molar-refractivity contribution < 1.29 is 19.5 Å². The molecule has 1 aliphatic rings. The Bertz CT molecular complexity index is 871. The predicted molar refractivity (Wildman–Crippen MR) is 106 cm³/mol. The fourth-order valence-electron chi connectivity index (χ4n) is 3.15. The Hall–Kier alpha value is -2.67. The fourth-order valence-corrected chi connectivity index (χ4v) is 4.46. The second-order valence-corrected chi connectivity index (χ2v) is 7.78. The molecular weight excluding hydrogens is 364 g/mol. The van der Waals surface area contributed by atoms with Gasteiger partial charge in [-0.05, 0) is 50.3 Å². The van der Waals surface area contributed by atoms with Crippen LogP contribution in [0, 0.1) is 6.92 Å². The highest BCUT2D eigenvalue weighted by Crippen LogP contribution is 2.39. The van der Waals surface area contributed by atoms with Crippen LogP contribution in [0.25, 0.3) is 0 Å². The average Bonchev–Trinajstić information content (AvgIpc) is 3.17. The van der Waals surface area contributed by atoms with Gasteiger partial charge in [-0.1, -0.05) is 17.7 Å². The zero-order valence-corrected chi connectivity index (χ0v) is 15.9. The molecule has 7 heteroatoms. The summed E-state index contributed by atoms with van der Waals surface area (Å²) in [6, 6.07) is 7.56. The largest absolute Gasteiger partial charge is 0.481 e. The molecule has 1 aromatic carbocycles. The molecule has 0 aliphatic heterocycles. The number of anilines is 2. The van der Waals surface area contributed by atoms with Crippen LogP contribution in [0.2, 0.25) is 0 Å². The number of amides is 2. The summed E-state index contributed by atoms with van der Waals surface area (Å²) >= 11 is 1.45. The maximum atomic E-state index is 12.9. The van der Waals surface area contributed by atoms with Gasteiger partial charge in [0.2, 0.25) is 5.91 Å². The number of aliphatic carboxylic acids is 1. The van der Waals surface area contributed by atoms with Crippen LogP contribution < -0.4 is 10.6 Å². The summed E-state index contributed by atoms with van der Waals surface area (Å²) in [5.41, 5.74) is 3.38. The topological polar surface area (TPSA) is 95.5 Å². The van der Waals surface area contributed by atoms with Gasteiger partial charge in [-0.25, -0.2) is 0 Å². The SMILES string of the molecule is Cc1ccc(NC(=O)c2c(NC(=O)CCCC(=O)O)sc3c2CCC3)cc1. The highest BCUT2D eigenvalue weighted by atomic mass is 32.1. The van der Waals surface area contributed by atoms with Crippen LogP contribution in [0.1, 0.15) is 52.0 Å². The van der Waals surface area contributed by atoms with Crippen molar-refractivity contribution in [2.24, 2.45) is 0 Å². The van der Waals surface area contributed by atoms with Crippen molar-refractivity contribution in [3.63, 3.8) is 0 Å². The Morgan fingerprint density at radius 3 is 2.52 bits per heavy atom. The Morgan fingerprint density at radius 1 is 1.07 bits per heavy atom. The second kappa shape index (κ2) is 8.35. The molecular formula is C20H22N2O4S. The van der Waals surface area contributed by atoms with Crippen molar-refractivity contribution in [1.29, 1.82) is 0 Å². The van der Waals surface area contributed by atoms with Gasteiger partial charge in [-0.2, -0.15) is 0 Å². The summed E-state index contributed by atoms with van der Waals surface area (Å²) in [5, 5.41) is 15.0. The van der Waals surface area contributed by atoms with Crippen molar-refractivity contribution in [1.82, 2.24) is 0 Å². The Morgan fingerprint density at radius 2 is 1.81 bits per heavy atom. The second-order valence-electron chi connectivity index (χ2n) is 6.68. The molecule has 142 valence electrons. The number of aryl methyl sites for hydroxylation is 2. The molecule has 2 aromatic rings. The molecule has 0 radical (unpaired) electrons. The van der Waals surface area contributed by atoms with Gasteiger partial charge in [-0.15, -0.1) is 11.3 Å². The van der Waals surface area contributed by atoms with Crippen LogP contribution in [0.15, 0.2) is 24.3 Å². The standard InChI is InChI=1S/C20H22N2O4S/c1-12-8-10-13(11-9-12)21-19(26)18-14-4-2-5-15(14)27-20(18)22-16(23)6-3-7-17(24)25/h8-11H,2-7H2,1H3,(H,21,26)(H,22,23)(H,24,25). The van der Waals surface area contributed by atoms with Gasteiger partial charge in [0.05, 0.1) is 5.56 Å². The minimum absolute atomic E-state index is 0.0465. The van der Waals surface area contributed by atoms with E-state index < -0.39 is 5.97 Å². The first kappa shape index (κ1) is 19.1. The minimum Gasteiger partial charge on any atom is -0.481 e. The van der Waals surface area contributed by atoms with Gasteiger partial charge in [0.1, 0.15) is 5.00 Å². The smallest absolute Gasteiger partial charge is 0.303 e. The van der Waals surface area contributed by atoms with E-state index in [9.17, 15) is 14.4 Å². The number of benzene rings is 1. The van der Waals surface area contributed by atoms with Crippen molar-refractivity contribution in [2.75, 3.05) is 10.6 Å². The van der Waals surface area contributed by atoms with E-state index in [0.29, 0.717) is 16.3 Å². The minimum atomic E-state index is -0.920. The van der Waals surface area contributed by atoms with Crippen LogP contribution in [0.5, 0.6) is 0 Å². The lowest BCUT2D eigenvalue weighted by atomic mass is 10.1. The van der Waals surface area contributed by atoms with E-state index in [4.69, 9.17) is 5.11 Å². The molecule has 1 aliphatic carbocycles.